The third-order valence-electron chi connectivity index (χ3n) is 2.71. The Balaban J connectivity index is 3.90. The molecule has 0 radical (unpaired) electrons. The zero-order valence-electron chi connectivity index (χ0n) is 10.4. The van der Waals surface area contributed by atoms with Gasteiger partial charge in [0.25, 0.3) is 0 Å². The number of rotatable bonds is 8. The van der Waals surface area contributed by atoms with Gasteiger partial charge in [-0.2, -0.15) is 0 Å². The van der Waals surface area contributed by atoms with Crippen molar-refractivity contribution in [1.29, 1.82) is 0 Å². The van der Waals surface area contributed by atoms with Crippen LogP contribution in [0, 0.1) is 5.92 Å². The van der Waals surface area contributed by atoms with Gasteiger partial charge in [0.2, 0.25) is 5.91 Å². The number of nitrogens with one attached hydrogen (secondary N) is 1. The first-order valence-corrected chi connectivity index (χ1v) is 6.18. The molecule has 0 fully saturated rings. The van der Waals surface area contributed by atoms with Gasteiger partial charge in [-0.05, 0) is 19.3 Å². The van der Waals surface area contributed by atoms with Crippen molar-refractivity contribution in [3.8, 4) is 0 Å². The van der Waals surface area contributed by atoms with E-state index in [-0.39, 0.29) is 17.9 Å². The normalized spacial score (nSPS) is 12.9. The summed E-state index contributed by atoms with van der Waals surface area (Å²) >= 11 is 0. The molecule has 0 saturated heterocycles. The summed E-state index contributed by atoms with van der Waals surface area (Å²) < 4.78 is 0. The van der Waals surface area contributed by atoms with Gasteiger partial charge in [0.15, 0.2) is 0 Å². The van der Waals surface area contributed by atoms with E-state index >= 15 is 0 Å². The Morgan fingerprint density at radius 3 is 2.13 bits per heavy atom. The first kappa shape index (κ1) is 14.4. The molecule has 0 aliphatic rings. The average Bonchev–Trinajstić information content (AvgIpc) is 2.25. The molecule has 3 heteroatoms. The zero-order valence-corrected chi connectivity index (χ0v) is 10.4. The van der Waals surface area contributed by atoms with Crippen LogP contribution in [0.3, 0.4) is 0 Å². The van der Waals surface area contributed by atoms with Gasteiger partial charge in [-0.3, -0.25) is 4.79 Å². The maximum absolute atomic E-state index is 11.8. The van der Waals surface area contributed by atoms with Gasteiger partial charge in [0.1, 0.15) is 0 Å². The predicted octanol–water partition coefficient (Wildman–Crippen LogP) is 2.06. The molecule has 0 aromatic heterocycles. The smallest absolute Gasteiger partial charge is 0.223 e. The Hall–Kier alpha value is -0.570. The van der Waals surface area contributed by atoms with E-state index < -0.39 is 0 Å². The standard InChI is InChI=1S/C12H26N2O/c1-4-7-10(8-5-2)12(15)14-9-11(13)6-3/h10-11H,4-9,13H2,1-3H3,(H,14,15). The molecule has 1 amide bonds. The molecule has 0 aromatic carbocycles. The Bertz CT molecular complexity index is 165. The van der Waals surface area contributed by atoms with Crippen molar-refractivity contribution in [3.63, 3.8) is 0 Å². The lowest BCUT2D eigenvalue weighted by Crippen LogP contribution is -2.39. The van der Waals surface area contributed by atoms with Crippen molar-refractivity contribution in [2.45, 2.75) is 58.9 Å². The second-order valence-electron chi connectivity index (χ2n) is 4.19. The van der Waals surface area contributed by atoms with Crippen LogP contribution >= 0.6 is 0 Å². The summed E-state index contributed by atoms with van der Waals surface area (Å²) in [5.41, 5.74) is 5.75. The van der Waals surface area contributed by atoms with Crippen LogP contribution in [0.25, 0.3) is 0 Å². The minimum absolute atomic E-state index is 0.0952. The van der Waals surface area contributed by atoms with E-state index in [9.17, 15) is 4.79 Å². The number of carbonyl (C=O) groups excluding carboxylic acids is 1. The van der Waals surface area contributed by atoms with E-state index in [4.69, 9.17) is 5.73 Å². The van der Waals surface area contributed by atoms with Gasteiger partial charge in [-0.25, -0.2) is 0 Å². The maximum Gasteiger partial charge on any atom is 0.223 e. The van der Waals surface area contributed by atoms with Gasteiger partial charge in [0.05, 0.1) is 0 Å². The van der Waals surface area contributed by atoms with Crippen LogP contribution in [0.4, 0.5) is 0 Å². The predicted molar refractivity (Wildman–Crippen MR) is 64.6 cm³/mol. The molecule has 0 bridgehead atoms. The Labute approximate surface area is 93.8 Å². The summed E-state index contributed by atoms with van der Waals surface area (Å²) in [6, 6.07) is 0.0952. The third-order valence-corrected chi connectivity index (χ3v) is 2.71. The van der Waals surface area contributed by atoms with Gasteiger partial charge in [-0.15, -0.1) is 0 Å². The summed E-state index contributed by atoms with van der Waals surface area (Å²) in [6.07, 6.45) is 5.02. The minimum atomic E-state index is 0.0952. The van der Waals surface area contributed by atoms with E-state index in [2.05, 4.69) is 19.2 Å². The van der Waals surface area contributed by atoms with Crippen LogP contribution in [0.1, 0.15) is 52.9 Å². The molecule has 3 N–H and O–H groups in total. The topological polar surface area (TPSA) is 55.1 Å². The van der Waals surface area contributed by atoms with Gasteiger partial charge in [0, 0.05) is 18.5 Å². The van der Waals surface area contributed by atoms with Crippen molar-refractivity contribution in [3.05, 3.63) is 0 Å². The van der Waals surface area contributed by atoms with Crippen molar-refractivity contribution >= 4 is 5.91 Å². The van der Waals surface area contributed by atoms with E-state index in [1.165, 1.54) is 0 Å². The van der Waals surface area contributed by atoms with E-state index in [1.807, 2.05) is 6.92 Å². The van der Waals surface area contributed by atoms with E-state index in [0.29, 0.717) is 6.54 Å². The van der Waals surface area contributed by atoms with Gasteiger partial charge < -0.3 is 11.1 Å². The molecule has 0 saturated carbocycles. The number of hydrogen-bond acceptors (Lipinski definition) is 2. The fraction of sp³-hybridized carbons (Fsp3) is 0.917. The third kappa shape index (κ3) is 6.50. The fourth-order valence-electron chi connectivity index (χ4n) is 1.62. The molecule has 0 aliphatic carbocycles. The fourth-order valence-corrected chi connectivity index (χ4v) is 1.62. The lowest BCUT2D eigenvalue weighted by Gasteiger charge is -2.17. The highest BCUT2D eigenvalue weighted by atomic mass is 16.1. The van der Waals surface area contributed by atoms with Crippen molar-refractivity contribution in [1.82, 2.24) is 5.32 Å². The van der Waals surface area contributed by atoms with Crippen LogP contribution in [0.5, 0.6) is 0 Å². The SMILES string of the molecule is CCCC(CCC)C(=O)NCC(N)CC. The van der Waals surface area contributed by atoms with E-state index in [1.54, 1.807) is 0 Å². The highest BCUT2D eigenvalue weighted by molar-refractivity contribution is 5.78. The molecule has 0 heterocycles. The molecular formula is C12H26N2O. The van der Waals surface area contributed by atoms with E-state index in [0.717, 1.165) is 32.1 Å². The molecule has 15 heavy (non-hydrogen) atoms. The molecule has 1 unspecified atom stereocenters. The molecule has 0 aliphatic heterocycles. The highest BCUT2D eigenvalue weighted by Crippen LogP contribution is 2.13. The second-order valence-corrected chi connectivity index (χ2v) is 4.19. The summed E-state index contributed by atoms with van der Waals surface area (Å²) in [5.74, 6) is 0.367. The minimum Gasteiger partial charge on any atom is -0.354 e. The number of hydrogen-bond donors (Lipinski definition) is 2. The highest BCUT2D eigenvalue weighted by Gasteiger charge is 2.16. The molecule has 0 spiro atoms. The summed E-state index contributed by atoms with van der Waals surface area (Å²) in [5, 5.41) is 2.94. The van der Waals surface area contributed by atoms with Crippen LogP contribution in [0.15, 0.2) is 0 Å². The quantitative estimate of drug-likeness (QED) is 0.650. The van der Waals surface area contributed by atoms with Gasteiger partial charge >= 0.3 is 0 Å². The molecular weight excluding hydrogens is 188 g/mol. The largest absolute Gasteiger partial charge is 0.354 e. The Morgan fingerprint density at radius 2 is 1.73 bits per heavy atom. The average molecular weight is 214 g/mol. The first-order chi connectivity index (χ1) is 7.15. The summed E-state index contributed by atoms with van der Waals surface area (Å²) in [6.45, 7) is 6.88. The van der Waals surface area contributed by atoms with Crippen LogP contribution in [-0.2, 0) is 4.79 Å². The van der Waals surface area contributed by atoms with Crippen molar-refractivity contribution in [2.75, 3.05) is 6.54 Å². The lowest BCUT2D eigenvalue weighted by molar-refractivity contribution is -0.125. The lowest BCUT2D eigenvalue weighted by atomic mass is 9.97. The zero-order chi connectivity index (χ0) is 11.7. The Morgan fingerprint density at radius 1 is 1.20 bits per heavy atom. The van der Waals surface area contributed by atoms with Crippen LogP contribution in [0.2, 0.25) is 0 Å². The molecule has 0 rings (SSSR count). The summed E-state index contributed by atoms with van der Waals surface area (Å²) in [4.78, 5) is 11.8. The first-order valence-electron chi connectivity index (χ1n) is 6.18. The maximum atomic E-state index is 11.8. The molecule has 3 nitrogen and oxygen atoms in total. The molecule has 90 valence electrons. The van der Waals surface area contributed by atoms with Crippen LogP contribution in [-0.4, -0.2) is 18.5 Å². The van der Waals surface area contributed by atoms with Crippen molar-refractivity contribution < 1.29 is 4.79 Å². The van der Waals surface area contributed by atoms with Crippen LogP contribution < -0.4 is 11.1 Å². The Kier molecular flexibility index (Phi) is 8.38. The van der Waals surface area contributed by atoms with Crippen molar-refractivity contribution in [2.24, 2.45) is 11.7 Å². The number of amides is 1. The number of nitrogens with two attached hydrogens (primary N) is 1. The van der Waals surface area contributed by atoms with Gasteiger partial charge in [-0.1, -0.05) is 33.6 Å². The summed E-state index contributed by atoms with van der Waals surface area (Å²) in [7, 11) is 0. The molecule has 0 aromatic rings. The monoisotopic (exact) mass is 214 g/mol. The molecule has 1 atom stereocenters. The number of carbonyl (C=O) groups is 1. The second kappa shape index (κ2) is 8.72.